The normalized spacial score (nSPS) is 18.4. The van der Waals surface area contributed by atoms with Crippen LogP contribution in [0.4, 0.5) is 16.2 Å². The van der Waals surface area contributed by atoms with Crippen molar-refractivity contribution in [2.24, 2.45) is 0 Å². The number of amides is 2. The van der Waals surface area contributed by atoms with Gasteiger partial charge in [-0.05, 0) is 49.8 Å². The number of nitrogens with zero attached hydrogens (tertiary/aromatic N) is 1. The lowest BCUT2D eigenvalue weighted by molar-refractivity contribution is -0.116. The Kier molecular flexibility index (Phi) is 6.50. The van der Waals surface area contributed by atoms with Gasteiger partial charge in [0.25, 0.3) is 0 Å². The summed E-state index contributed by atoms with van der Waals surface area (Å²) in [4.78, 5) is 29.3. The fraction of sp³-hybridized carbons (Fsp3) is 0.391. The molecule has 0 bridgehead atoms. The molecule has 0 fully saturated rings. The van der Waals surface area contributed by atoms with Gasteiger partial charge in [0.1, 0.15) is 6.04 Å². The van der Waals surface area contributed by atoms with Gasteiger partial charge < -0.3 is 15.4 Å². The fourth-order valence-corrected chi connectivity index (χ4v) is 4.90. The lowest BCUT2D eigenvalue weighted by Crippen LogP contribution is -2.44. The lowest BCUT2D eigenvalue weighted by atomic mass is 9.88. The molecule has 2 amide bonds. The topological polar surface area (TPSA) is 70.7 Å². The molecule has 1 aliphatic carbocycles. The van der Waals surface area contributed by atoms with Gasteiger partial charge in [0.05, 0.1) is 11.4 Å². The number of anilines is 2. The molecular formula is C23H27N3O3S. The smallest absolute Gasteiger partial charge is 0.322 e. The van der Waals surface area contributed by atoms with Crippen LogP contribution in [0.5, 0.6) is 0 Å². The van der Waals surface area contributed by atoms with Gasteiger partial charge in [-0.25, -0.2) is 4.79 Å². The largest absolute Gasteiger partial charge is 0.382 e. The summed E-state index contributed by atoms with van der Waals surface area (Å²) in [5.41, 5.74) is 3.27. The van der Waals surface area contributed by atoms with Crippen LogP contribution in [0.1, 0.15) is 43.5 Å². The summed E-state index contributed by atoms with van der Waals surface area (Å²) in [6.07, 6.45) is 2.89. The van der Waals surface area contributed by atoms with Gasteiger partial charge in [-0.3, -0.25) is 9.69 Å². The summed E-state index contributed by atoms with van der Waals surface area (Å²) in [6.45, 7) is 3.75. The van der Waals surface area contributed by atoms with Gasteiger partial charge in [0.15, 0.2) is 5.78 Å². The van der Waals surface area contributed by atoms with Gasteiger partial charge in [-0.2, -0.15) is 0 Å². The second-order valence-corrected chi connectivity index (χ2v) is 8.36. The summed E-state index contributed by atoms with van der Waals surface area (Å²) >= 11 is 1.57. The van der Waals surface area contributed by atoms with Crippen molar-refractivity contribution in [3.63, 3.8) is 0 Å². The lowest BCUT2D eigenvalue weighted by Gasteiger charge is -2.33. The quantitative estimate of drug-likeness (QED) is 0.648. The van der Waals surface area contributed by atoms with E-state index in [1.165, 1.54) is 0 Å². The van der Waals surface area contributed by atoms with E-state index in [1.54, 1.807) is 16.2 Å². The number of Topliss-reactive ketones (excluding diaryl/α,β-unsaturated/α-hetero) is 1. The second-order valence-electron chi connectivity index (χ2n) is 7.38. The van der Waals surface area contributed by atoms with Crippen molar-refractivity contribution in [3.05, 3.63) is 57.9 Å². The van der Waals surface area contributed by atoms with E-state index in [0.29, 0.717) is 31.8 Å². The number of ether oxygens (including phenoxy) is 1. The van der Waals surface area contributed by atoms with Gasteiger partial charge in [-0.1, -0.05) is 18.2 Å². The molecule has 30 heavy (non-hydrogen) atoms. The maximum atomic E-state index is 13.5. The molecule has 1 unspecified atom stereocenters. The number of para-hydroxylation sites is 2. The standard InChI is InChI=1S/C23H27N3O3S/c1-2-29-14-7-13-24-23(28)26-18-10-4-3-8-16(18)25-17-9-5-11-19(27)21(17)22(26)20-12-6-15-30-20/h3-4,6,8,10,12,15,22,25H,2,5,7,9,11,13-14H2,1H3,(H,24,28). The van der Waals surface area contributed by atoms with Crippen LogP contribution in [-0.2, 0) is 9.53 Å². The zero-order valence-electron chi connectivity index (χ0n) is 17.1. The summed E-state index contributed by atoms with van der Waals surface area (Å²) in [5, 5.41) is 8.50. The Hall–Kier alpha value is -2.64. The van der Waals surface area contributed by atoms with E-state index in [-0.39, 0.29) is 11.8 Å². The predicted molar refractivity (Wildman–Crippen MR) is 120 cm³/mol. The Morgan fingerprint density at radius 1 is 1.27 bits per heavy atom. The van der Waals surface area contributed by atoms with Gasteiger partial charge in [0.2, 0.25) is 0 Å². The zero-order valence-corrected chi connectivity index (χ0v) is 18.0. The molecule has 2 aromatic rings. The van der Waals surface area contributed by atoms with E-state index in [2.05, 4.69) is 10.6 Å². The molecule has 0 radical (unpaired) electrons. The van der Waals surface area contributed by atoms with Crippen LogP contribution < -0.4 is 15.5 Å². The third-order valence-corrected chi connectivity index (χ3v) is 6.34. The van der Waals surface area contributed by atoms with Crippen LogP contribution in [0.2, 0.25) is 0 Å². The van der Waals surface area contributed by atoms with Crippen molar-refractivity contribution in [2.75, 3.05) is 30.0 Å². The molecule has 1 aromatic carbocycles. The number of ketones is 1. The molecule has 1 aromatic heterocycles. The number of rotatable bonds is 6. The highest BCUT2D eigenvalue weighted by Crippen LogP contribution is 2.45. The number of carbonyl (C=O) groups is 2. The van der Waals surface area contributed by atoms with Gasteiger partial charge in [-0.15, -0.1) is 11.3 Å². The number of benzene rings is 1. The first-order valence-electron chi connectivity index (χ1n) is 10.5. The third-order valence-electron chi connectivity index (χ3n) is 5.41. The molecule has 158 valence electrons. The number of nitrogens with one attached hydrogen (secondary N) is 2. The number of hydrogen-bond acceptors (Lipinski definition) is 5. The molecule has 2 N–H and O–H groups in total. The van der Waals surface area contributed by atoms with Crippen molar-refractivity contribution in [3.8, 4) is 0 Å². The highest BCUT2D eigenvalue weighted by atomic mass is 32.1. The fourth-order valence-electron chi connectivity index (χ4n) is 4.07. The summed E-state index contributed by atoms with van der Waals surface area (Å²) in [5.74, 6) is 0.115. The van der Waals surface area contributed by atoms with Gasteiger partial charge >= 0.3 is 6.03 Å². The first kappa shape index (κ1) is 20.6. The monoisotopic (exact) mass is 425 g/mol. The van der Waals surface area contributed by atoms with Crippen LogP contribution in [0.3, 0.4) is 0 Å². The van der Waals surface area contributed by atoms with Crippen molar-refractivity contribution in [1.82, 2.24) is 5.32 Å². The zero-order chi connectivity index (χ0) is 20.9. The van der Waals surface area contributed by atoms with Crippen molar-refractivity contribution >= 4 is 34.5 Å². The Bertz CT molecular complexity index is 939. The molecule has 2 heterocycles. The molecular weight excluding hydrogens is 398 g/mol. The summed E-state index contributed by atoms with van der Waals surface area (Å²) < 4.78 is 5.38. The minimum Gasteiger partial charge on any atom is -0.382 e. The van der Waals surface area contributed by atoms with Crippen molar-refractivity contribution in [1.29, 1.82) is 0 Å². The van der Waals surface area contributed by atoms with E-state index < -0.39 is 6.04 Å². The number of fused-ring (bicyclic) bond motifs is 1. The highest BCUT2D eigenvalue weighted by molar-refractivity contribution is 7.10. The predicted octanol–water partition coefficient (Wildman–Crippen LogP) is 4.86. The van der Waals surface area contributed by atoms with Crippen LogP contribution in [0, 0.1) is 0 Å². The number of hydrogen-bond donors (Lipinski definition) is 2. The van der Waals surface area contributed by atoms with E-state index in [1.807, 2.05) is 48.7 Å². The molecule has 0 saturated carbocycles. The van der Waals surface area contributed by atoms with E-state index >= 15 is 0 Å². The maximum Gasteiger partial charge on any atom is 0.322 e. The van der Waals surface area contributed by atoms with Gasteiger partial charge in [0, 0.05) is 42.3 Å². The minimum atomic E-state index is -0.434. The van der Waals surface area contributed by atoms with Crippen molar-refractivity contribution in [2.45, 2.75) is 38.6 Å². The van der Waals surface area contributed by atoms with E-state index in [9.17, 15) is 9.59 Å². The molecule has 0 spiro atoms. The first-order chi connectivity index (χ1) is 14.7. The van der Waals surface area contributed by atoms with Crippen LogP contribution in [-0.4, -0.2) is 31.6 Å². The third kappa shape index (κ3) is 4.13. The second kappa shape index (κ2) is 9.45. The van der Waals surface area contributed by atoms with Crippen LogP contribution >= 0.6 is 11.3 Å². The summed E-state index contributed by atoms with van der Waals surface area (Å²) in [7, 11) is 0. The molecule has 6 nitrogen and oxygen atoms in total. The number of carbonyl (C=O) groups excluding carboxylic acids is 2. The molecule has 7 heteroatoms. The van der Waals surface area contributed by atoms with Crippen molar-refractivity contribution < 1.29 is 14.3 Å². The van der Waals surface area contributed by atoms with Crippen LogP contribution in [0.15, 0.2) is 53.0 Å². The number of urea groups is 1. The molecule has 1 atom stereocenters. The van der Waals surface area contributed by atoms with E-state index in [0.717, 1.165) is 41.2 Å². The Morgan fingerprint density at radius 3 is 2.93 bits per heavy atom. The minimum absolute atomic E-state index is 0.115. The van der Waals surface area contributed by atoms with Crippen LogP contribution in [0.25, 0.3) is 0 Å². The Labute approximate surface area is 180 Å². The molecule has 4 rings (SSSR count). The van der Waals surface area contributed by atoms with E-state index in [4.69, 9.17) is 4.74 Å². The first-order valence-corrected chi connectivity index (χ1v) is 11.4. The average molecular weight is 426 g/mol. The average Bonchev–Trinajstić information content (AvgIpc) is 3.23. The summed E-state index contributed by atoms with van der Waals surface area (Å²) in [6, 6.07) is 11.1. The number of thiophene rings is 1. The maximum absolute atomic E-state index is 13.5. The molecule has 1 aliphatic heterocycles. The molecule has 2 aliphatic rings. The highest BCUT2D eigenvalue weighted by Gasteiger charge is 2.39. The SMILES string of the molecule is CCOCCCNC(=O)N1c2ccccc2NC2=C(C(=O)CCC2)C1c1cccs1. The Balaban J connectivity index is 1.75. The molecule has 0 saturated heterocycles. The number of allylic oxidation sites excluding steroid dienone is 1. The Morgan fingerprint density at radius 2 is 2.13 bits per heavy atom.